The summed E-state index contributed by atoms with van der Waals surface area (Å²) in [5.41, 5.74) is 0.00908. The molecule has 4 nitrogen and oxygen atoms in total. The zero-order valence-electron chi connectivity index (χ0n) is 14.0. The monoisotopic (exact) mass is 296 g/mol. The number of esters is 2. The SMILES string of the molecule is CCC(C)(CC)C1C=CC(C)[C@H](OC(C)=O)[C@@H]1OC(C)=O. The summed E-state index contributed by atoms with van der Waals surface area (Å²) in [6.45, 7) is 11.2. The van der Waals surface area contributed by atoms with Crippen molar-refractivity contribution < 1.29 is 19.1 Å². The second kappa shape index (κ2) is 7.10. The minimum Gasteiger partial charge on any atom is -0.458 e. The summed E-state index contributed by atoms with van der Waals surface area (Å²) in [7, 11) is 0. The topological polar surface area (TPSA) is 52.6 Å². The predicted molar refractivity (Wildman–Crippen MR) is 81.6 cm³/mol. The van der Waals surface area contributed by atoms with Gasteiger partial charge in [-0.05, 0) is 5.41 Å². The van der Waals surface area contributed by atoms with E-state index in [9.17, 15) is 9.59 Å². The van der Waals surface area contributed by atoms with Gasteiger partial charge in [-0.3, -0.25) is 9.59 Å². The second-order valence-electron chi connectivity index (χ2n) is 6.28. The van der Waals surface area contributed by atoms with Gasteiger partial charge in [0.15, 0.2) is 0 Å². The Morgan fingerprint density at radius 1 is 1.00 bits per heavy atom. The van der Waals surface area contributed by atoms with Crippen LogP contribution in [0.15, 0.2) is 12.2 Å². The molecule has 1 aliphatic carbocycles. The van der Waals surface area contributed by atoms with Crippen molar-refractivity contribution >= 4 is 11.9 Å². The van der Waals surface area contributed by atoms with Crippen LogP contribution in [0.2, 0.25) is 0 Å². The number of rotatable bonds is 5. The van der Waals surface area contributed by atoms with Gasteiger partial charge in [0.1, 0.15) is 12.2 Å². The summed E-state index contributed by atoms with van der Waals surface area (Å²) in [5, 5.41) is 0. The Kier molecular flexibility index (Phi) is 5.99. The van der Waals surface area contributed by atoms with E-state index in [-0.39, 0.29) is 29.2 Å². The van der Waals surface area contributed by atoms with Crippen LogP contribution in [0.1, 0.15) is 54.4 Å². The van der Waals surface area contributed by atoms with Crippen molar-refractivity contribution in [3.05, 3.63) is 12.2 Å². The first-order valence-corrected chi connectivity index (χ1v) is 7.78. The Bertz CT molecular complexity index is 409. The molecule has 0 aromatic carbocycles. The Hall–Kier alpha value is -1.32. The Labute approximate surface area is 127 Å². The molecule has 4 heteroatoms. The molecule has 0 fully saturated rings. The number of carbonyl (C=O) groups is 2. The fourth-order valence-corrected chi connectivity index (χ4v) is 3.07. The zero-order chi connectivity index (χ0) is 16.2. The molecule has 21 heavy (non-hydrogen) atoms. The molecule has 0 radical (unpaired) electrons. The molecule has 2 unspecified atom stereocenters. The van der Waals surface area contributed by atoms with Gasteiger partial charge in [-0.15, -0.1) is 0 Å². The molecular weight excluding hydrogens is 268 g/mol. The average Bonchev–Trinajstić information content (AvgIpc) is 2.41. The summed E-state index contributed by atoms with van der Waals surface area (Å²) in [6, 6.07) is 0. The second-order valence-corrected chi connectivity index (χ2v) is 6.28. The normalized spacial score (nSPS) is 29.0. The van der Waals surface area contributed by atoms with Crippen molar-refractivity contribution in [2.24, 2.45) is 17.3 Å². The minimum absolute atomic E-state index is 0.00908. The van der Waals surface area contributed by atoms with Crippen molar-refractivity contribution in [1.82, 2.24) is 0 Å². The Morgan fingerprint density at radius 3 is 1.90 bits per heavy atom. The van der Waals surface area contributed by atoms with E-state index in [0.29, 0.717) is 0 Å². The summed E-state index contributed by atoms with van der Waals surface area (Å²) >= 11 is 0. The van der Waals surface area contributed by atoms with Crippen LogP contribution in [-0.4, -0.2) is 24.1 Å². The van der Waals surface area contributed by atoms with Gasteiger partial charge in [-0.1, -0.05) is 52.7 Å². The van der Waals surface area contributed by atoms with E-state index in [0.717, 1.165) is 12.8 Å². The molecule has 1 aliphatic rings. The Morgan fingerprint density at radius 2 is 1.48 bits per heavy atom. The highest BCUT2D eigenvalue weighted by Gasteiger charge is 2.46. The van der Waals surface area contributed by atoms with Crippen molar-refractivity contribution in [2.75, 3.05) is 0 Å². The summed E-state index contributed by atoms with van der Waals surface area (Å²) in [6.07, 6.45) is 5.30. The van der Waals surface area contributed by atoms with Crippen LogP contribution < -0.4 is 0 Å². The van der Waals surface area contributed by atoms with E-state index in [1.165, 1.54) is 13.8 Å². The van der Waals surface area contributed by atoms with Crippen molar-refractivity contribution in [1.29, 1.82) is 0 Å². The lowest BCUT2D eigenvalue weighted by Gasteiger charge is -2.45. The van der Waals surface area contributed by atoms with Gasteiger partial charge in [0.25, 0.3) is 0 Å². The largest absolute Gasteiger partial charge is 0.458 e. The van der Waals surface area contributed by atoms with E-state index in [2.05, 4.69) is 32.9 Å². The maximum atomic E-state index is 11.5. The standard InChI is InChI=1S/C17H28O4/c1-7-17(6,8-2)14-10-9-11(3)15(20-12(4)18)16(14)21-13(5)19/h9-11,14-16H,7-8H2,1-6H3/t11?,14?,15-,16+/m0/s1. The van der Waals surface area contributed by atoms with Crippen LogP contribution in [-0.2, 0) is 19.1 Å². The fourth-order valence-electron chi connectivity index (χ4n) is 3.07. The first-order valence-electron chi connectivity index (χ1n) is 7.78. The molecule has 0 aromatic heterocycles. The van der Waals surface area contributed by atoms with Gasteiger partial charge < -0.3 is 9.47 Å². The molecule has 0 N–H and O–H groups in total. The number of hydrogen-bond donors (Lipinski definition) is 0. The molecule has 120 valence electrons. The van der Waals surface area contributed by atoms with Gasteiger partial charge in [-0.2, -0.15) is 0 Å². The maximum absolute atomic E-state index is 11.5. The van der Waals surface area contributed by atoms with Crippen molar-refractivity contribution in [3.63, 3.8) is 0 Å². The average molecular weight is 296 g/mol. The van der Waals surface area contributed by atoms with Gasteiger partial charge in [0.05, 0.1) is 0 Å². The van der Waals surface area contributed by atoms with Crippen LogP contribution in [0, 0.1) is 17.3 Å². The highest BCUT2D eigenvalue weighted by atomic mass is 16.6. The molecule has 0 aliphatic heterocycles. The van der Waals surface area contributed by atoms with E-state index in [4.69, 9.17) is 9.47 Å². The van der Waals surface area contributed by atoms with Gasteiger partial charge in [-0.25, -0.2) is 0 Å². The molecule has 0 aromatic rings. The molecule has 0 amide bonds. The lowest BCUT2D eigenvalue weighted by molar-refractivity contribution is -0.177. The lowest BCUT2D eigenvalue weighted by atomic mass is 9.66. The third-order valence-electron chi connectivity index (χ3n) is 4.84. The summed E-state index contributed by atoms with van der Waals surface area (Å²) < 4.78 is 11.0. The molecule has 0 spiro atoms. The van der Waals surface area contributed by atoms with Crippen LogP contribution in [0.25, 0.3) is 0 Å². The van der Waals surface area contributed by atoms with Gasteiger partial charge >= 0.3 is 11.9 Å². The van der Waals surface area contributed by atoms with Gasteiger partial charge in [0, 0.05) is 25.7 Å². The number of carbonyl (C=O) groups excluding carboxylic acids is 2. The first kappa shape index (κ1) is 17.7. The van der Waals surface area contributed by atoms with Crippen LogP contribution in [0.5, 0.6) is 0 Å². The third-order valence-corrected chi connectivity index (χ3v) is 4.84. The first-order chi connectivity index (χ1) is 9.75. The minimum atomic E-state index is -0.420. The Balaban J connectivity index is 3.18. The predicted octanol–water partition coefficient (Wildman–Crippen LogP) is 3.50. The molecule has 1 rings (SSSR count). The number of hydrogen-bond acceptors (Lipinski definition) is 4. The van der Waals surface area contributed by atoms with E-state index < -0.39 is 12.2 Å². The molecular formula is C17H28O4. The van der Waals surface area contributed by atoms with Gasteiger partial charge in [0.2, 0.25) is 0 Å². The van der Waals surface area contributed by atoms with E-state index in [1.807, 2.05) is 6.92 Å². The highest BCUT2D eigenvalue weighted by Crippen LogP contribution is 2.43. The molecule has 0 bridgehead atoms. The quantitative estimate of drug-likeness (QED) is 0.575. The zero-order valence-corrected chi connectivity index (χ0v) is 14.0. The number of ether oxygens (including phenoxy) is 2. The summed E-state index contributed by atoms with van der Waals surface area (Å²) in [5.74, 6) is -0.587. The van der Waals surface area contributed by atoms with Crippen LogP contribution >= 0.6 is 0 Å². The van der Waals surface area contributed by atoms with E-state index in [1.54, 1.807) is 0 Å². The highest BCUT2D eigenvalue weighted by molar-refractivity contribution is 5.67. The lowest BCUT2D eigenvalue weighted by Crippen LogP contribution is -2.50. The maximum Gasteiger partial charge on any atom is 0.303 e. The third kappa shape index (κ3) is 4.08. The van der Waals surface area contributed by atoms with Crippen LogP contribution in [0.4, 0.5) is 0 Å². The van der Waals surface area contributed by atoms with Crippen molar-refractivity contribution in [3.8, 4) is 0 Å². The summed E-state index contributed by atoms with van der Waals surface area (Å²) in [4.78, 5) is 22.9. The fraction of sp³-hybridized carbons (Fsp3) is 0.765. The molecule has 4 atom stereocenters. The molecule has 0 heterocycles. The molecule has 0 saturated carbocycles. The van der Waals surface area contributed by atoms with E-state index >= 15 is 0 Å². The smallest absolute Gasteiger partial charge is 0.303 e. The van der Waals surface area contributed by atoms with Crippen LogP contribution in [0.3, 0.4) is 0 Å². The van der Waals surface area contributed by atoms with Crippen molar-refractivity contribution in [2.45, 2.75) is 66.6 Å². The molecule has 0 saturated heterocycles.